The lowest BCUT2D eigenvalue weighted by atomic mass is 10.1. The Morgan fingerprint density at radius 2 is 1.66 bits per heavy atom. The van der Waals surface area contributed by atoms with Crippen molar-refractivity contribution in [3.05, 3.63) is 71.4 Å². The molecule has 0 atom stereocenters. The molecule has 0 aliphatic carbocycles. The first kappa shape index (κ1) is 20.5. The van der Waals surface area contributed by atoms with E-state index in [0.717, 1.165) is 48.9 Å². The number of methoxy groups -OCH3 is 2. The molecule has 0 saturated heterocycles. The zero-order chi connectivity index (χ0) is 20.5. The van der Waals surface area contributed by atoms with E-state index in [0.29, 0.717) is 5.95 Å². The van der Waals surface area contributed by atoms with Crippen molar-refractivity contribution in [3.63, 3.8) is 0 Å². The summed E-state index contributed by atoms with van der Waals surface area (Å²) in [6.07, 6.45) is 1.72. The first-order valence-electron chi connectivity index (χ1n) is 9.76. The van der Waals surface area contributed by atoms with Crippen molar-refractivity contribution >= 4 is 11.8 Å². The van der Waals surface area contributed by atoms with Gasteiger partial charge in [0.25, 0.3) is 0 Å². The second kappa shape index (κ2) is 10.3. The fourth-order valence-electron chi connectivity index (χ4n) is 3.12. The average molecular weight is 393 g/mol. The number of rotatable bonds is 10. The third kappa shape index (κ3) is 6.10. The van der Waals surface area contributed by atoms with Gasteiger partial charge in [0.2, 0.25) is 5.95 Å². The number of aryl methyl sites for hydroxylation is 1. The zero-order valence-electron chi connectivity index (χ0n) is 17.2. The number of hydrogen-bond donors (Lipinski definition) is 2. The Morgan fingerprint density at radius 3 is 2.48 bits per heavy atom. The van der Waals surface area contributed by atoms with Gasteiger partial charge in [-0.25, -0.2) is 4.98 Å². The predicted molar refractivity (Wildman–Crippen MR) is 117 cm³/mol. The minimum absolute atomic E-state index is 0.632. The maximum Gasteiger partial charge on any atom is 0.224 e. The number of para-hydroxylation sites is 1. The number of hydrogen-bond acceptors (Lipinski definition) is 6. The number of aromatic nitrogens is 2. The molecule has 0 amide bonds. The first-order valence-corrected chi connectivity index (χ1v) is 9.76. The van der Waals surface area contributed by atoms with Crippen LogP contribution in [-0.4, -0.2) is 37.3 Å². The quantitative estimate of drug-likeness (QED) is 0.541. The predicted octanol–water partition coefficient (Wildman–Crippen LogP) is 4.11. The van der Waals surface area contributed by atoms with E-state index in [9.17, 15) is 0 Å². The van der Waals surface area contributed by atoms with Gasteiger partial charge in [-0.2, -0.15) is 4.98 Å². The summed E-state index contributed by atoms with van der Waals surface area (Å²) in [5.74, 6) is 3.23. The SMILES string of the molecule is COc1cccc(CCNc2nc(C)cc(NCCc3ccccc3OC)n2)c1. The summed E-state index contributed by atoms with van der Waals surface area (Å²) in [6.45, 7) is 3.48. The molecule has 2 N–H and O–H groups in total. The Hall–Kier alpha value is -3.28. The lowest BCUT2D eigenvalue weighted by Crippen LogP contribution is -2.12. The fraction of sp³-hybridized carbons (Fsp3) is 0.304. The Balaban J connectivity index is 1.53. The molecule has 152 valence electrons. The topological polar surface area (TPSA) is 68.3 Å². The first-order chi connectivity index (χ1) is 14.2. The molecule has 0 bridgehead atoms. The fourth-order valence-corrected chi connectivity index (χ4v) is 3.12. The van der Waals surface area contributed by atoms with Crippen LogP contribution >= 0.6 is 0 Å². The van der Waals surface area contributed by atoms with Gasteiger partial charge in [-0.05, 0) is 49.1 Å². The highest BCUT2D eigenvalue weighted by atomic mass is 16.5. The molecule has 0 aliphatic rings. The van der Waals surface area contributed by atoms with Gasteiger partial charge in [-0.3, -0.25) is 0 Å². The van der Waals surface area contributed by atoms with Crippen LogP contribution in [0.4, 0.5) is 11.8 Å². The van der Waals surface area contributed by atoms with E-state index in [-0.39, 0.29) is 0 Å². The van der Waals surface area contributed by atoms with Crippen molar-refractivity contribution in [1.82, 2.24) is 9.97 Å². The maximum absolute atomic E-state index is 5.41. The molecule has 3 rings (SSSR count). The molecule has 0 spiro atoms. The van der Waals surface area contributed by atoms with Crippen molar-refractivity contribution in [2.45, 2.75) is 19.8 Å². The summed E-state index contributed by atoms with van der Waals surface area (Å²) < 4.78 is 10.7. The van der Waals surface area contributed by atoms with Crippen LogP contribution in [0.3, 0.4) is 0 Å². The van der Waals surface area contributed by atoms with Gasteiger partial charge in [0.05, 0.1) is 14.2 Å². The van der Waals surface area contributed by atoms with Gasteiger partial charge >= 0.3 is 0 Å². The molecule has 3 aromatic rings. The van der Waals surface area contributed by atoms with E-state index in [1.165, 1.54) is 11.1 Å². The van der Waals surface area contributed by atoms with Crippen molar-refractivity contribution in [3.8, 4) is 11.5 Å². The van der Waals surface area contributed by atoms with Crippen LogP contribution < -0.4 is 20.1 Å². The molecular weight excluding hydrogens is 364 g/mol. The van der Waals surface area contributed by atoms with Crippen LogP contribution in [0.2, 0.25) is 0 Å². The highest BCUT2D eigenvalue weighted by Crippen LogP contribution is 2.18. The van der Waals surface area contributed by atoms with Crippen molar-refractivity contribution in [2.24, 2.45) is 0 Å². The third-order valence-corrected chi connectivity index (χ3v) is 4.58. The van der Waals surface area contributed by atoms with Crippen LogP contribution in [0.15, 0.2) is 54.6 Å². The Morgan fingerprint density at radius 1 is 0.828 bits per heavy atom. The molecule has 6 nitrogen and oxygen atoms in total. The van der Waals surface area contributed by atoms with E-state index in [1.807, 2.05) is 49.4 Å². The summed E-state index contributed by atoms with van der Waals surface area (Å²) in [5, 5.41) is 6.70. The summed E-state index contributed by atoms with van der Waals surface area (Å²) in [6, 6.07) is 18.1. The van der Waals surface area contributed by atoms with Gasteiger partial charge in [-0.1, -0.05) is 30.3 Å². The average Bonchev–Trinajstić information content (AvgIpc) is 2.74. The molecule has 1 aromatic heterocycles. The normalized spacial score (nSPS) is 10.4. The molecule has 0 saturated carbocycles. The van der Waals surface area contributed by atoms with Crippen LogP contribution in [0.5, 0.6) is 11.5 Å². The molecule has 6 heteroatoms. The lowest BCUT2D eigenvalue weighted by Gasteiger charge is -2.11. The van der Waals surface area contributed by atoms with Crippen molar-refractivity contribution in [2.75, 3.05) is 37.9 Å². The summed E-state index contributed by atoms with van der Waals surface area (Å²) in [5.41, 5.74) is 3.30. The molecule has 0 radical (unpaired) electrons. The number of nitrogens with zero attached hydrogens (tertiary/aromatic N) is 2. The van der Waals surface area contributed by atoms with E-state index in [1.54, 1.807) is 14.2 Å². The second-order valence-corrected chi connectivity index (χ2v) is 6.74. The molecular formula is C23H28N4O2. The van der Waals surface area contributed by atoms with Gasteiger partial charge in [0, 0.05) is 24.8 Å². The Labute approximate surface area is 172 Å². The number of nitrogens with one attached hydrogen (secondary N) is 2. The molecule has 1 heterocycles. The van der Waals surface area contributed by atoms with Gasteiger partial charge < -0.3 is 20.1 Å². The van der Waals surface area contributed by atoms with Crippen LogP contribution in [0, 0.1) is 6.92 Å². The smallest absolute Gasteiger partial charge is 0.224 e. The summed E-state index contributed by atoms with van der Waals surface area (Å²) >= 11 is 0. The van der Waals surface area contributed by atoms with E-state index >= 15 is 0 Å². The molecule has 0 aliphatic heterocycles. The van der Waals surface area contributed by atoms with Crippen LogP contribution in [-0.2, 0) is 12.8 Å². The van der Waals surface area contributed by atoms with Crippen molar-refractivity contribution < 1.29 is 9.47 Å². The van der Waals surface area contributed by atoms with Crippen molar-refractivity contribution in [1.29, 1.82) is 0 Å². The van der Waals surface area contributed by atoms with Crippen LogP contribution in [0.25, 0.3) is 0 Å². The standard InChI is InChI=1S/C23H28N4O2/c1-17-15-22(24-14-12-19-8-4-5-10-21(19)29-3)27-23(26-17)25-13-11-18-7-6-9-20(16-18)28-2/h4-10,15-16H,11-14H2,1-3H3,(H2,24,25,26,27). The monoisotopic (exact) mass is 392 g/mol. The number of benzene rings is 2. The van der Waals surface area contributed by atoms with E-state index < -0.39 is 0 Å². The van der Waals surface area contributed by atoms with Gasteiger partial charge in [-0.15, -0.1) is 0 Å². The highest BCUT2D eigenvalue weighted by Gasteiger charge is 2.05. The lowest BCUT2D eigenvalue weighted by molar-refractivity contribution is 0.410. The molecule has 2 aromatic carbocycles. The largest absolute Gasteiger partial charge is 0.497 e. The number of ether oxygens (including phenoxy) is 2. The Bertz CT molecular complexity index is 930. The van der Waals surface area contributed by atoms with Crippen LogP contribution in [0.1, 0.15) is 16.8 Å². The van der Waals surface area contributed by atoms with E-state index in [4.69, 9.17) is 9.47 Å². The third-order valence-electron chi connectivity index (χ3n) is 4.58. The minimum atomic E-state index is 0.632. The van der Waals surface area contributed by atoms with Gasteiger partial charge in [0.1, 0.15) is 17.3 Å². The maximum atomic E-state index is 5.41. The van der Waals surface area contributed by atoms with E-state index in [2.05, 4.69) is 32.7 Å². The summed E-state index contributed by atoms with van der Waals surface area (Å²) in [7, 11) is 3.38. The highest BCUT2D eigenvalue weighted by molar-refractivity contribution is 5.43. The zero-order valence-corrected chi connectivity index (χ0v) is 17.2. The summed E-state index contributed by atoms with van der Waals surface area (Å²) in [4.78, 5) is 9.07. The molecule has 0 fully saturated rings. The molecule has 0 unspecified atom stereocenters. The van der Waals surface area contributed by atoms with Gasteiger partial charge in [0.15, 0.2) is 0 Å². The Kier molecular flexibility index (Phi) is 7.28. The minimum Gasteiger partial charge on any atom is -0.497 e. The molecule has 29 heavy (non-hydrogen) atoms. The number of anilines is 2. The second-order valence-electron chi connectivity index (χ2n) is 6.74.